The highest BCUT2D eigenvalue weighted by Crippen LogP contribution is 2.28. The Morgan fingerprint density at radius 2 is 1.68 bits per heavy atom. The van der Waals surface area contributed by atoms with Crippen molar-refractivity contribution in [2.75, 3.05) is 26.6 Å². The minimum atomic E-state index is -0.514. The van der Waals surface area contributed by atoms with Gasteiger partial charge in [-0.1, -0.05) is 18.2 Å². The van der Waals surface area contributed by atoms with E-state index in [-0.39, 0.29) is 11.5 Å². The number of amides is 1. The fraction of sp³-hybridized carbons (Fsp3) is 0.158. The quantitative estimate of drug-likeness (QED) is 0.645. The predicted molar refractivity (Wildman–Crippen MR) is 95.0 cm³/mol. The molecule has 0 heterocycles. The molecule has 0 spiro atoms. The number of esters is 1. The van der Waals surface area contributed by atoms with Crippen LogP contribution in [-0.2, 0) is 9.53 Å². The van der Waals surface area contributed by atoms with Gasteiger partial charge in [0.2, 0.25) is 5.91 Å². The Balaban J connectivity index is 2.13. The van der Waals surface area contributed by atoms with Crippen molar-refractivity contribution in [3.63, 3.8) is 0 Å². The third kappa shape index (κ3) is 4.60. The molecule has 0 bridgehead atoms. The summed E-state index contributed by atoms with van der Waals surface area (Å²) in [6, 6.07) is 11.9. The predicted octanol–water partition coefficient (Wildman–Crippen LogP) is 3.14. The average molecular weight is 341 g/mol. The summed E-state index contributed by atoms with van der Waals surface area (Å²) in [5.74, 6) is 0.295. The molecule has 25 heavy (non-hydrogen) atoms. The lowest BCUT2D eigenvalue weighted by molar-refractivity contribution is -0.111. The smallest absolute Gasteiger partial charge is 0.339 e. The molecule has 0 aliphatic rings. The number of ether oxygens (including phenoxy) is 3. The molecule has 2 rings (SSSR count). The van der Waals surface area contributed by atoms with Crippen LogP contribution in [0, 0.1) is 0 Å². The van der Waals surface area contributed by atoms with E-state index in [2.05, 4.69) is 5.32 Å². The minimum Gasteiger partial charge on any atom is -0.493 e. The van der Waals surface area contributed by atoms with Crippen molar-refractivity contribution in [1.29, 1.82) is 0 Å². The molecule has 2 aromatic rings. The maximum atomic E-state index is 12.1. The number of benzene rings is 2. The lowest BCUT2D eigenvalue weighted by atomic mass is 10.1. The van der Waals surface area contributed by atoms with Crippen molar-refractivity contribution < 1.29 is 23.8 Å². The lowest BCUT2D eigenvalue weighted by Gasteiger charge is -2.08. The summed E-state index contributed by atoms with van der Waals surface area (Å²) in [6.45, 7) is 0. The first-order chi connectivity index (χ1) is 12.1. The van der Waals surface area contributed by atoms with Gasteiger partial charge in [-0.3, -0.25) is 4.79 Å². The highest BCUT2D eigenvalue weighted by molar-refractivity contribution is 6.06. The summed E-state index contributed by atoms with van der Waals surface area (Å²) >= 11 is 0. The zero-order chi connectivity index (χ0) is 18.2. The number of carbonyl (C=O) groups excluding carboxylic acids is 2. The molecular weight excluding hydrogens is 322 g/mol. The molecule has 1 N–H and O–H groups in total. The standard InChI is InChI=1S/C19H19NO5/c1-23-16-10-8-13(12-17(16)24-2)9-11-18(21)20-15-7-5-4-6-14(15)19(22)25-3/h4-12H,1-3H3,(H,20,21). The molecule has 0 aliphatic carbocycles. The first-order valence-corrected chi connectivity index (χ1v) is 7.47. The van der Waals surface area contributed by atoms with Crippen molar-refractivity contribution in [3.05, 3.63) is 59.7 Å². The maximum Gasteiger partial charge on any atom is 0.339 e. The number of carbonyl (C=O) groups is 2. The van der Waals surface area contributed by atoms with Crippen LogP contribution in [0.25, 0.3) is 6.08 Å². The Bertz CT molecular complexity index is 798. The van der Waals surface area contributed by atoms with Gasteiger partial charge >= 0.3 is 5.97 Å². The zero-order valence-electron chi connectivity index (χ0n) is 14.2. The summed E-state index contributed by atoms with van der Waals surface area (Å²) in [5.41, 5.74) is 1.45. The summed E-state index contributed by atoms with van der Waals surface area (Å²) in [4.78, 5) is 23.8. The Morgan fingerprint density at radius 1 is 0.960 bits per heavy atom. The molecule has 0 unspecified atom stereocenters. The molecule has 0 aliphatic heterocycles. The van der Waals surface area contributed by atoms with Gasteiger partial charge < -0.3 is 19.5 Å². The van der Waals surface area contributed by atoms with Crippen LogP contribution in [0.15, 0.2) is 48.5 Å². The lowest BCUT2D eigenvalue weighted by Crippen LogP contribution is -2.12. The van der Waals surface area contributed by atoms with Crippen LogP contribution < -0.4 is 14.8 Å². The maximum absolute atomic E-state index is 12.1. The summed E-state index contributed by atoms with van der Waals surface area (Å²) in [6.07, 6.45) is 3.01. The van der Waals surface area contributed by atoms with Crippen LogP contribution in [0.2, 0.25) is 0 Å². The Morgan fingerprint density at radius 3 is 2.36 bits per heavy atom. The highest BCUT2D eigenvalue weighted by Gasteiger charge is 2.12. The van der Waals surface area contributed by atoms with E-state index in [4.69, 9.17) is 14.2 Å². The van der Waals surface area contributed by atoms with Crippen molar-refractivity contribution in [1.82, 2.24) is 0 Å². The van der Waals surface area contributed by atoms with E-state index in [1.54, 1.807) is 62.8 Å². The van der Waals surface area contributed by atoms with Crippen molar-refractivity contribution in [2.45, 2.75) is 0 Å². The number of rotatable bonds is 6. The molecule has 1 amide bonds. The third-order valence-electron chi connectivity index (χ3n) is 3.42. The first-order valence-electron chi connectivity index (χ1n) is 7.47. The third-order valence-corrected chi connectivity index (χ3v) is 3.42. The Hall–Kier alpha value is -3.28. The number of hydrogen-bond donors (Lipinski definition) is 1. The van der Waals surface area contributed by atoms with Crippen LogP contribution in [0.5, 0.6) is 11.5 Å². The van der Waals surface area contributed by atoms with Gasteiger partial charge in [0.05, 0.1) is 32.6 Å². The molecule has 2 aromatic carbocycles. The van der Waals surface area contributed by atoms with Crippen LogP contribution in [-0.4, -0.2) is 33.2 Å². The van der Waals surface area contributed by atoms with Gasteiger partial charge in [0.15, 0.2) is 11.5 Å². The van der Waals surface area contributed by atoms with Crippen molar-refractivity contribution >= 4 is 23.6 Å². The van der Waals surface area contributed by atoms with E-state index in [1.807, 2.05) is 0 Å². The normalized spacial score (nSPS) is 10.4. The van der Waals surface area contributed by atoms with Gasteiger partial charge in [0, 0.05) is 6.08 Å². The fourth-order valence-corrected chi connectivity index (χ4v) is 2.18. The van der Waals surface area contributed by atoms with Crippen molar-refractivity contribution in [2.24, 2.45) is 0 Å². The van der Waals surface area contributed by atoms with Gasteiger partial charge in [0.1, 0.15) is 0 Å². The largest absolute Gasteiger partial charge is 0.493 e. The Kier molecular flexibility index (Phi) is 6.17. The second-order valence-corrected chi connectivity index (χ2v) is 4.97. The molecule has 0 atom stereocenters. The van der Waals surface area contributed by atoms with E-state index in [0.29, 0.717) is 17.2 Å². The first kappa shape index (κ1) is 18.1. The van der Waals surface area contributed by atoms with E-state index < -0.39 is 5.97 Å². The monoisotopic (exact) mass is 341 g/mol. The topological polar surface area (TPSA) is 73.9 Å². The SMILES string of the molecule is COC(=O)c1ccccc1NC(=O)C=Cc1ccc(OC)c(OC)c1. The number of hydrogen-bond acceptors (Lipinski definition) is 5. The van der Waals surface area contributed by atoms with Crippen LogP contribution in [0.4, 0.5) is 5.69 Å². The van der Waals surface area contributed by atoms with Crippen LogP contribution in [0.1, 0.15) is 15.9 Å². The van der Waals surface area contributed by atoms with E-state index in [9.17, 15) is 9.59 Å². The van der Waals surface area contributed by atoms with E-state index in [0.717, 1.165) is 5.56 Å². The molecule has 0 radical (unpaired) electrons. The fourth-order valence-electron chi connectivity index (χ4n) is 2.18. The number of nitrogens with one attached hydrogen (secondary N) is 1. The molecule has 0 saturated heterocycles. The minimum absolute atomic E-state index is 0.290. The molecular formula is C19H19NO5. The summed E-state index contributed by atoms with van der Waals surface area (Å²) in [7, 11) is 4.39. The van der Waals surface area contributed by atoms with Gasteiger partial charge in [0.25, 0.3) is 0 Å². The van der Waals surface area contributed by atoms with E-state index >= 15 is 0 Å². The second kappa shape index (κ2) is 8.54. The molecule has 0 aromatic heterocycles. The van der Waals surface area contributed by atoms with Gasteiger partial charge in [-0.05, 0) is 35.9 Å². The number of anilines is 1. The number of methoxy groups -OCH3 is 3. The van der Waals surface area contributed by atoms with Gasteiger partial charge in [-0.15, -0.1) is 0 Å². The molecule has 6 heteroatoms. The average Bonchev–Trinajstić information content (AvgIpc) is 2.65. The molecule has 6 nitrogen and oxygen atoms in total. The zero-order valence-corrected chi connectivity index (χ0v) is 14.2. The summed E-state index contributed by atoms with van der Waals surface area (Å²) in [5, 5.41) is 2.66. The van der Waals surface area contributed by atoms with Gasteiger partial charge in [-0.25, -0.2) is 4.79 Å². The van der Waals surface area contributed by atoms with Crippen LogP contribution in [0.3, 0.4) is 0 Å². The highest BCUT2D eigenvalue weighted by atomic mass is 16.5. The van der Waals surface area contributed by atoms with E-state index in [1.165, 1.54) is 13.2 Å². The molecule has 0 fully saturated rings. The van der Waals surface area contributed by atoms with Crippen molar-refractivity contribution in [3.8, 4) is 11.5 Å². The summed E-state index contributed by atoms with van der Waals surface area (Å²) < 4.78 is 15.1. The number of para-hydroxylation sites is 1. The Labute approximate surface area is 146 Å². The molecule has 0 saturated carbocycles. The molecule has 130 valence electrons. The van der Waals surface area contributed by atoms with Gasteiger partial charge in [-0.2, -0.15) is 0 Å². The second-order valence-electron chi connectivity index (χ2n) is 4.97. The van der Waals surface area contributed by atoms with Crippen LogP contribution >= 0.6 is 0 Å².